The van der Waals surface area contributed by atoms with Gasteiger partial charge < -0.3 is 47.2 Å². The van der Waals surface area contributed by atoms with Crippen LogP contribution in [0, 0.1) is 65.1 Å². The number of hydrogen-bond donors (Lipinski definition) is 7. The number of aliphatic hydroxyl groups is 1. The topological polar surface area (TPSA) is 166 Å². The minimum absolute atomic E-state index is 0.0578. The first-order valence-electron chi connectivity index (χ1n) is 57.4. The smallest absolute Gasteiger partial charge is 0.164 e. The number of likely N-dealkylation sites (tertiary alicyclic amines) is 10. The van der Waals surface area contributed by atoms with E-state index in [2.05, 4.69) is 409 Å². The summed E-state index contributed by atoms with van der Waals surface area (Å²) in [6, 6.07) is 16.9. The van der Waals surface area contributed by atoms with E-state index in [1.807, 2.05) is 0 Å². The van der Waals surface area contributed by atoms with E-state index in [0.29, 0.717) is 140 Å². The molecule has 8 N–H and O–H groups in total. The van der Waals surface area contributed by atoms with Crippen molar-refractivity contribution >= 4 is 5.78 Å². The second-order valence-corrected chi connectivity index (χ2v) is 51.2. The van der Waals surface area contributed by atoms with E-state index >= 15 is 0 Å². The average molecular weight is 1930 g/mol. The second kappa shape index (κ2) is 67.0. The summed E-state index contributed by atoms with van der Waals surface area (Å²) in [5.41, 5.74) is 6.11. The molecule has 11 fully saturated rings. The molecule has 0 spiro atoms. The van der Waals surface area contributed by atoms with Gasteiger partial charge >= 0.3 is 0 Å². The zero-order valence-corrected chi connectivity index (χ0v) is 99.5. The molecule has 0 saturated carbocycles. The van der Waals surface area contributed by atoms with E-state index in [1.165, 1.54) is 169 Å². The Morgan fingerprint density at radius 2 is 0.625 bits per heavy atom. The molecule has 11 aliphatic heterocycles. The summed E-state index contributed by atoms with van der Waals surface area (Å²) < 4.78 is 0. The maximum Gasteiger partial charge on any atom is 0.164 e. The van der Waals surface area contributed by atoms with Gasteiger partial charge in [-0.05, 0) is 351 Å². The third-order valence-electron chi connectivity index (χ3n) is 31.9. The molecule has 0 aromatic heterocycles. The first-order chi connectivity index (χ1) is 63.3. The Bertz CT molecular complexity index is 2790. The number of fused-ring (bicyclic) bond motifs is 2. The molecule has 812 valence electrons. The van der Waals surface area contributed by atoms with Crippen LogP contribution < -0.4 is 32.3 Å². The quantitative estimate of drug-likeness (QED) is 0.0340. The number of hydrogen-bond acceptors (Lipinski definition) is 21. The normalized spacial score (nSPS) is 29.2. The maximum atomic E-state index is 11.5. The van der Waals surface area contributed by atoms with Crippen molar-refractivity contribution in [2.24, 2.45) is 70.8 Å². The van der Waals surface area contributed by atoms with Gasteiger partial charge in [-0.25, -0.2) is 0 Å². The molecule has 11 aliphatic rings. The van der Waals surface area contributed by atoms with Gasteiger partial charge in [0.25, 0.3) is 0 Å². The number of piperidine rings is 2. The van der Waals surface area contributed by atoms with Crippen LogP contribution in [0.15, 0.2) is 0 Å². The van der Waals surface area contributed by atoms with Gasteiger partial charge in [-0.1, -0.05) is 111 Å². The number of ketones is 1. The van der Waals surface area contributed by atoms with Gasteiger partial charge in [-0.15, -0.1) is 0 Å². The second-order valence-electron chi connectivity index (χ2n) is 51.2. The van der Waals surface area contributed by atoms with Crippen LogP contribution in [0.2, 0.25) is 0 Å². The van der Waals surface area contributed by atoms with Crippen molar-refractivity contribution in [3.8, 4) is 0 Å². The highest BCUT2D eigenvalue weighted by atomic mass is 16.3. The lowest BCUT2D eigenvalue weighted by molar-refractivity contribution is -0.118. The molecule has 17 atom stereocenters. The van der Waals surface area contributed by atoms with Gasteiger partial charge in [-0.3, -0.25) is 58.7 Å². The fourth-order valence-corrected chi connectivity index (χ4v) is 23.9. The van der Waals surface area contributed by atoms with E-state index in [9.17, 15) is 9.90 Å². The summed E-state index contributed by atoms with van der Waals surface area (Å²) in [6.07, 6.45) is 13.4. The lowest BCUT2D eigenvalue weighted by Crippen LogP contribution is -2.60. The average Bonchev–Trinajstić information content (AvgIpc) is 1.63. The van der Waals surface area contributed by atoms with Crippen molar-refractivity contribution in [2.45, 2.75) is 512 Å². The first-order valence-corrected chi connectivity index (χ1v) is 57.4. The zero-order valence-electron chi connectivity index (χ0n) is 99.5. The summed E-state index contributed by atoms with van der Waals surface area (Å²) in [5.74, 6) is 8.85. The minimum Gasteiger partial charge on any atom is -0.396 e. The highest BCUT2D eigenvalue weighted by molar-refractivity contribution is 5.88. The van der Waals surface area contributed by atoms with E-state index in [1.54, 1.807) is 0 Å². The SMILES string of the molecule is CC(C)C[C@H]1CN(C(C)C)C[C@H]1CO.CC(C)C[C@H]1CN(C(C)C)C[C@H]1N.CC(C)C[C@H]1CN(C(C)C)C[C@H]1N(C)C.CC(C)N1CCN(C(C)C)[C@@H](C)[C@H]1C.CC(C)N1C[C@@H]2C[C@H]1CN2C(C)C.CC(C)N[C@@H]1CCCN(C(C)C)C1.CC(C)N[C@H]1CCCN(C(C)C)C1.CC(C)N[C@H]1CN(C(C)C)CC1=O.CN[C@@H]1CN(C(C)C)C[C@@H]1CC(C)C.CN[C@H]1CN(C(C)C)C[C@@H]1CC(C)C. The highest BCUT2D eigenvalue weighted by Crippen LogP contribution is 2.36. The number of nitrogens with two attached hydrogens (primary N) is 1. The van der Waals surface area contributed by atoms with Crippen molar-refractivity contribution < 1.29 is 9.90 Å². The predicted molar refractivity (Wildman–Crippen MR) is 598 cm³/mol. The molecule has 21 nitrogen and oxygen atoms in total. The Hall–Kier alpha value is -1.13. The van der Waals surface area contributed by atoms with Crippen LogP contribution in [0.3, 0.4) is 0 Å². The number of carbonyl (C=O) groups is 1. The summed E-state index contributed by atoms with van der Waals surface area (Å²) in [5, 5.41) is 26.8. The minimum atomic E-state index is 0.0578. The number of aliphatic hydroxyl groups excluding tert-OH is 1. The maximum absolute atomic E-state index is 11.5. The van der Waals surface area contributed by atoms with E-state index in [-0.39, 0.29) is 6.04 Å². The number of Topliss-reactive ketones (excluding diaryl/α,β-unsaturated/α-hetero) is 1. The molecule has 136 heavy (non-hydrogen) atoms. The number of nitrogens with one attached hydrogen (secondary N) is 5. The molecule has 11 saturated heterocycles. The molecule has 0 aromatic carbocycles. The molecule has 11 rings (SSSR count). The predicted octanol–water partition coefficient (Wildman–Crippen LogP) is 18.0. The Morgan fingerprint density at radius 1 is 0.324 bits per heavy atom. The van der Waals surface area contributed by atoms with Crippen LogP contribution >= 0.6 is 0 Å². The van der Waals surface area contributed by atoms with Crippen LogP contribution in [0.4, 0.5) is 0 Å². The Balaban J connectivity index is 0.000000511. The van der Waals surface area contributed by atoms with Gasteiger partial charge in [-0.2, -0.15) is 0 Å². The van der Waals surface area contributed by atoms with Gasteiger partial charge in [0.15, 0.2) is 5.78 Å². The van der Waals surface area contributed by atoms with Crippen LogP contribution in [-0.2, 0) is 4.79 Å². The Labute approximate surface area is 849 Å². The number of piperazine rings is 2. The molecule has 0 aromatic rings. The van der Waals surface area contributed by atoms with Crippen molar-refractivity contribution in [3.63, 3.8) is 0 Å². The third kappa shape index (κ3) is 48.7. The first kappa shape index (κ1) is 131. The number of carbonyl (C=O) groups excluding carboxylic acids is 1. The fourth-order valence-electron chi connectivity index (χ4n) is 23.9. The fraction of sp³-hybridized carbons (Fsp3) is 0.991. The highest BCUT2D eigenvalue weighted by Gasteiger charge is 2.46. The molecule has 0 radical (unpaired) electrons. The lowest BCUT2D eigenvalue weighted by atomic mass is 9.89. The third-order valence-corrected chi connectivity index (χ3v) is 31.9. The number of rotatable bonds is 32. The van der Waals surface area contributed by atoms with Crippen LogP contribution in [-0.4, -0.2) is 397 Å². The molecule has 0 amide bonds. The van der Waals surface area contributed by atoms with Crippen LogP contribution in [0.25, 0.3) is 0 Å². The molecule has 2 bridgehead atoms. The van der Waals surface area contributed by atoms with Gasteiger partial charge in [0, 0.05) is 269 Å². The van der Waals surface area contributed by atoms with Crippen LogP contribution in [0.1, 0.15) is 355 Å². The van der Waals surface area contributed by atoms with E-state index < -0.39 is 0 Å². The van der Waals surface area contributed by atoms with E-state index in [0.717, 1.165) is 115 Å². The van der Waals surface area contributed by atoms with Crippen LogP contribution in [0.5, 0.6) is 0 Å². The summed E-state index contributed by atoms with van der Waals surface area (Å²) in [7, 11) is 8.65. The van der Waals surface area contributed by atoms with Gasteiger partial charge in [0.05, 0.1) is 12.6 Å². The molecule has 0 aliphatic carbocycles. The van der Waals surface area contributed by atoms with Crippen molar-refractivity contribution in [2.75, 3.05) is 166 Å². The summed E-state index contributed by atoms with van der Waals surface area (Å²) in [6.45, 7) is 120. The summed E-state index contributed by atoms with van der Waals surface area (Å²) in [4.78, 5) is 44.7. The number of nitrogens with zero attached hydrogens (tertiary/aromatic N) is 13. The zero-order chi connectivity index (χ0) is 104. The molecule has 21 heteroatoms. The van der Waals surface area contributed by atoms with E-state index in [4.69, 9.17) is 5.73 Å². The van der Waals surface area contributed by atoms with Gasteiger partial charge in [0.2, 0.25) is 0 Å². The Kier molecular flexibility index (Phi) is 64.5. The van der Waals surface area contributed by atoms with Crippen molar-refractivity contribution in [1.82, 2.24) is 90.3 Å². The van der Waals surface area contributed by atoms with Crippen molar-refractivity contribution in [3.05, 3.63) is 0 Å². The molecule has 11 heterocycles. The largest absolute Gasteiger partial charge is 0.396 e. The lowest BCUT2D eigenvalue weighted by Gasteiger charge is -2.48. The summed E-state index contributed by atoms with van der Waals surface area (Å²) >= 11 is 0. The molecule has 0 unspecified atom stereocenters. The monoisotopic (exact) mass is 1920 g/mol. The van der Waals surface area contributed by atoms with Gasteiger partial charge in [0.1, 0.15) is 0 Å². The Morgan fingerprint density at radius 3 is 0.926 bits per heavy atom. The molecular weight excluding hydrogens is 1680 g/mol. The standard InChI is InChI=1S/C13H28N2.3C12H26N2.C12H25NO.C11H22N2.3C11H24N2.C10H20N2O/c1-10(2)7-12-8-15(11(3)4)9-13(12)14(5)6;2*1-9(2)6-11-7-14(10(3)4)8-12(11)13-5;1-9(2)13-7-8-14(10(3)4)12(6)11(13)5;1-9(2)5-11-6-13(10(3)4)7-12(11)8-14;1-8(2)12-6-11-5-10(12)7-13(11)9(3)4;1-8(2)5-10-6-13(9(3)4)7-11(10)12;2*1-9(2)12-11-6-5-7-13(8-11)10(3)4;1-7(2)11-9-5-12(8(3)4)6-10(9)13/h10-13H,7-9H2,1-6H3;2*9-13H,6-8H2,1-5H3;9-12H,7-8H2,1-6H3;9-12,14H,5-8H2,1-4H3;8-11H,5-7H2,1-4H3;8-11H,5-7,12H2,1-4H3;2*9-12H,5-8H2,1-4H3;7-9,11H,5-6H2,1-4H3/t12-,13+;11-,12+;11-,12-;11-,12+;11-,12-;10-,11-;10-,11+;2*11-;9-/m000.000100/s1. The number of likely N-dealkylation sites (N-methyl/N-ethyl adjacent to an activating group) is 3. The molecular formula is C115H245N19O2. The van der Waals surface area contributed by atoms with Crippen molar-refractivity contribution in [1.29, 1.82) is 0 Å².